The summed E-state index contributed by atoms with van der Waals surface area (Å²) in [6.45, 7) is 3.41. The van der Waals surface area contributed by atoms with E-state index in [0.717, 1.165) is 5.56 Å². The molecule has 0 saturated heterocycles. The molecule has 1 atom stereocenters. The molecule has 2 rings (SSSR count). The average Bonchev–Trinajstić information content (AvgIpc) is 2.55. The second-order valence-corrected chi connectivity index (χ2v) is 5.10. The molecule has 0 unspecified atom stereocenters. The molecular weight excluding hydrogens is 292 g/mol. The first-order valence-corrected chi connectivity index (χ1v) is 7.08. The summed E-state index contributed by atoms with van der Waals surface area (Å²) in [7, 11) is 0. The number of amides is 1. The molecule has 5 heteroatoms. The van der Waals surface area contributed by atoms with Gasteiger partial charge in [-0.05, 0) is 44.2 Å². The Morgan fingerprint density at radius 2 is 1.87 bits per heavy atom. The molecule has 0 spiro atoms. The number of benzene rings is 2. The highest BCUT2D eigenvalue weighted by Gasteiger charge is 2.19. The number of carbonyl (C=O) groups excluding carboxylic acids is 2. The summed E-state index contributed by atoms with van der Waals surface area (Å²) in [5.74, 6) is -1.01. The van der Waals surface area contributed by atoms with Crippen molar-refractivity contribution in [2.24, 2.45) is 0 Å². The lowest BCUT2D eigenvalue weighted by molar-refractivity contribution is -0.123. The van der Waals surface area contributed by atoms with Gasteiger partial charge in [0.2, 0.25) is 0 Å². The van der Waals surface area contributed by atoms with Crippen LogP contribution in [0.3, 0.4) is 0 Å². The summed E-state index contributed by atoms with van der Waals surface area (Å²) in [6.07, 6.45) is -0.949. The van der Waals surface area contributed by atoms with E-state index in [0.29, 0.717) is 16.8 Å². The number of anilines is 1. The number of hydrogen-bond acceptors (Lipinski definition) is 4. The van der Waals surface area contributed by atoms with Gasteiger partial charge in [0.05, 0.1) is 17.2 Å². The van der Waals surface area contributed by atoms with Crippen LogP contribution in [0.1, 0.15) is 28.4 Å². The molecule has 116 valence electrons. The van der Waals surface area contributed by atoms with Crippen molar-refractivity contribution in [2.75, 3.05) is 5.32 Å². The summed E-state index contributed by atoms with van der Waals surface area (Å²) >= 11 is 0. The Bertz CT molecular complexity index is 761. The van der Waals surface area contributed by atoms with Crippen LogP contribution in [0.4, 0.5) is 5.69 Å². The van der Waals surface area contributed by atoms with E-state index in [-0.39, 0.29) is 0 Å². The van der Waals surface area contributed by atoms with Crippen LogP contribution in [0.15, 0.2) is 48.5 Å². The highest BCUT2D eigenvalue weighted by atomic mass is 16.5. The van der Waals surface area contributed by atoms with Gasteiger partial charge in [-0.15, -0.1) is 0 Å². The van der Waals surface area contributed by atoms with Crippen LogP contribution in [0, 0.1) is 18.3 Å². The maximum absolute atomic E-state index is 12.1. The van der Waals surface area contributed by atoms with Crippen LogP contribution in [0.25, 0.3) is 0 Å². The number of hydrogen-bond donors (Lipinski definition) is 1. The SMILES string of the molecule is Cc1ccc(C(=O)O[C@H](C)C(=O)Nc2cccc(C#N)c2)cc1. The molecule has 0 aliphatic heterocycles. The third kappa shape index (κ3) is 4.42. The molecule has 5 nitrogen and oxygen atoms in total. The fraction of sp³-hybridized carbons (Fsp3) is 0.167. The third-order valence-corrected chi connectivity index (χ3v) is 3.20. The second-order valence-electron chi connectivity index (χ2n) is 5.10. The van der Waals surface area contributed by atoms with Gasteiger partial charge in [0.25, 0.3) is 5.91 Å². The maximum Gasteiger partial charge on any atom is 0.338 e. The van der Waals surface area contributed by atoms with Crippen molar-refractivity contribution in [1.29, 1.82) is 5.26 Å². The first kappa shape index (κ1) is 16.2. The van der Waals surface area contributed by atoms with Crippen LogP contribution >= 0.6 is 0 Å². The van der Waals surface area contributed by atoms with Crippen molar-refractivity contribution in [3.05, 3.63) is 65.2 Å². The van der Waals surface area contributed by atoms with Crippen molar-refractivity contribution in [3.63, 3.8) is 0 Å². The van der Waals surface area contributed by atoms with Crippen LogP contribution in [-0.2, 0) is 9.53 Å². The molecular formula is C18H16N2O3. The van der Waals surface area contributed by atoms with Crippen LogP contribution < -0.4 is 5.32 Å². The fourth-order valence-corrected chi connectivity index (χ4v) is 1.88. The van der Waals surface area contributed by atoms with E-state index in [9.17, 15) is 9.59 Å². The van der Waals surface area contributed by atoms with E-state index in [4.69, 9.17) is 10.00 Å². The predicted molar refractivity (Wildman–Crippen MR) is 85.8 cm³/mol. The Morgan fingerprint density at radius 1 is 1.17 bits per heavy atom. The normalized spacial score (nSPS) is 11.2. The van der Waals surface area contributed by atoms with Crippen molar-refractivity contribution in [2.45, 2.75) is 20.0 Å². The van der Waals surface area contributed by atoms with Gasteiger partial charge in [-0.2, -0.15) is 5.26 Å². The minimum atomic E-state index is -0.949. The lowest BCUT2D eigenvalue weighted by atomic mass is 10.1. The fourth-order valence-electron chi connectivity index (χ4n) is 1.88. The van der Waals surface area contributed by atoms with Gasteiger partial charge >= 0.3 is 5.97 Å². The Morgan fingerprint density at radius 3 is 2.52 bits per heavy atom. The third-order valence-electron chi connectivity index (χ3n) is 3.20. The maximum atomic E-state index is 12.1. The number of nitrogens with zero attached hydrogens (tertiary/aromatic N) is 1. The summed E-state index contributed by atoms with van der Waals surface area (Å²) < 4.78 is 5.15. The standard InChI is InChI=1S/C18H16N2O3/c1-12-6-8-15(9-7-12)18(22)23-13(2)17(21)20-16-5-3-4-14(10-16)11-19/h3-10,13H,1-2H3,(H,20,21)/t13-/m1/s1. The molecule has 2 aromatic carbocycles. The second kappa shape index (κ2) is 7.23. The molecule has 1 N–H and O–H groups in total. The number of carbonyl (C=O) groups is 2. The number of rotatable bonds is 4. The Labute approximate surface area is 134 Å². The largest absolute Gasteiger partial charge is 0.449 e. The van der Waals surface area contributed by atoms with Gasteiger partial charge in [0, 0.05) is 5.69 Å². The molecule has 2 aromatic rings. The zero-order valence-electron chi connectivity index (χ0n) is 12.9. The average molecular weight is 308 g/mol. The monoisotopic (exact) mass is 308 g/mol. The van der Waals surface area contributed by atoms with Crippen molar-refractivity contribution in [3.8, 4) is 6.07 Å². The Hall–Kier alpha value is -3.13. The van der Waals surface area contributed by atoms with Crippen LogP contribution in [0.2, 0.25) is 0 Å². The molecule has 0 aliphatic rings. The number of nitriles is 1. The van der Waals surface area contributed by atoms with Crippen molar-refractivity contribution < 1.29 is 14.3 Å². The lowest BCUT2D eigenvalue weighted by Gasteiger charge is -2.13. The van der Waals surface area contributed by atoms with Gasteiger partial charge < -0.3 is 10.1 Å². The highest BCUT2D eigenvalue weighted by molar-refractivity contribution is 5.97. The quantitative estimate of drug-likeness (QED) is 0.880. The molecule has 0 fully saturated rings. The van der Waals surface area contributed by atoms with E-state index in [1.165, 1.54) is 6.92 Å². The molecule has 0 aliphatic carbocycles. The summed E-state index contributed by atoms with van der Waals surface area (Å²) in [4.78, 5) is 24.0. The molecule has 0 radical (unpaired) electrons. The summed E-state index contributed by atoms with van der Waals surface area (Å²) in [6, 6.07) is 15.4. The van der Waals surface area contributed by atoms with E-state index in [2.05, 4.69) is 5.32 Å². The molecule has 0 aromatic heterocycles. The summed E-state index contributed by atoms with van der Waals surface area (Å²) in [5, 5.41) is 11.5. The Kier molecular flexibility index (Phi) is 5.11. The Balaban J connectivity index is 1.98. The number of ether oxygens (including phenoxy) is 1. The van der Waals surface area contributed by atoms with Gasteiger partial charge in [0.15, 0.2) is 6.10 Å². The molecule has 0 saturated carbocycles. The topological polar surface area (TPSA) is 79.2 Å². The lowest BCUT2D eigenvalue weighted by Crippen LogP contribution is -2.30. The summed E-state index contributed by atoms with van der Waals surface area (Å²) in [5.41, 5.74) is 2.34. The zero-order chi connectivity index (χ0) is 16.8. The van der Waals surface area contributed by atoms with E-state index >= 15 is 0 Å². The highest BCUT2D eigenvalue weighted by Crippen LogP contribution is 2.12. The van der Waals surface area contributed by atoms with Crippen molar-refractivity contribution in [1.82, 2.24) is 0 Å². The number of esters is 1. The smallest absolute Gasteiger partial charge is 0.338 e. The molecule has 23 heavy (non-hydrogen) atoms. The molecule has 0 bridgehead atoms. The molecule has 1 amide bonds. The van der Waals surface area contributed by atoms with Gasteiger partial charge in [-0.25, -0.2) is 4.79 Å². The minimum absolute atomic E-state index is 0.390. The minimum Gasteiger partial charge on any atom is -0.449 e. The van der Waals surface area contributed by atoms with Gasteiger partial charge in [-0.1, -0.05) is 23.8 Å². The molecule has 0 heterocycles. The van der Waals surface area contributed by atoms with Gasteiger partial charge in [-0.3, -0.25) is 4.79 Å². The first-order chi connectivity index (χ1) is 11.0. The van der Waals surface area contributed by atoms with E-state index < -0.39 is 18.0 Å². The first-order valence-electron chi connectivity index (χ1n) is 7.08. The van der Waals surface area contributed by atoms with Gasteiger partial charge in [0.1, 0.15) is 0 Å². The number of nitrogens with one attached hydrogen (secondary N) is 1. The van der Waals surface area contributed by atoms with Crippen LogP contribution in [-0.4, -0.2) is 18.0 Å². The number of aryl methyl sites for hydroxylation is 1. The zero-order valence-corrected chi connectivity index (χ0v) is 12.9. The van der Waals surface area contributed by atoms with Crippen LogP contribution in [0.5, 0.6) is 0 Å². The van der Waals surface area contributed by atoms with E-state index in [1.54, 1.807) is 48.5 Å². The predicted octanol–water partition coefficient (Wildman–Crippen LogP) is 3.05. The van der Waals surface area contributed by atoms with Crippen molar-refractivity contribution >= 4 is 17.6 Å². The van der Waals surface area contributed by atoms with E-state index in [1.807, 2.05) is 13.0 Å².